The fourth-order valence-corrected chi connectivity index (χ4v) is 1.88. The zero-order chi connectivity index (χ0) is 14.2. The molecule has 1 atom stereocenters. The lowest BCUT2D eigenvalue weighted by atomic mass is 10.1. The van der Waals surface area contributed by atoms with Gasteiger partial charge in [0, 0.05) is 11.6 Å². The lowest BCUT2D eigenvalue weighted by Crippen LogP contribution is -2.38. The molecule has 0 aromatic heterocycles. The Hall–Kier alpha value is -1.96. The van der Waals surface area contributed by atoms with E-state index in [9.17, 15) is 24.0 Å². The Labute approximate surface area is 107 Å². The summed E-state index contributed by atoms with van der Waals surface area (Å²) >= 11 is 0. The van der Waals surface area contributed by atoms with E-state index < -0.39 is 23.5 Å². The van der Waals surface area contributed by atoms with Crippen LogP contribution in [0, 0.1) is 17.0 Å². The number of nitrogens with one attached hydrogen (secondary N) is 1. The van der Waals surface area contributed by atoms with E-state index in [-0.39, 0.29) is 29.3 Å². The van der Waals surface area contributed by atoms with Crippen molar-refractivity contribution >= 4 is 11.4 Å². The second-order valence-electron chi connectivity index (χ2n) is 4.33. The first kappa shape index (κ1) is 13.5. The predicted molar refractivity (Wildman–Crippen MR) is 62.7 cm³/mol. The second-order valence-corrected chi connectivity index (χ2v) is 4.33. The molecule has 1 heterocycles. The number of benzene rings is 1. The smallest absolute Gasteiger partial charge is 0.292 e. The summed E-state index contributed by atoms with van der Waals surface area (Å²) < 4.78 is 31.5. The number of rotatable bonds is 3. The van der Waals surface area contributed by atoms with Crippen LogP contribution in [-0.4, -0.2) is 35.2 Å². The van der Waals surface area contributed by atoms with Crippen molar-refractivity contribution in [3.8, 4) is 5.75 Å². The van der Waals surface area contributed by atoms with Crippen molar-refractivity contribution < 1.29 is 23.5 Å². The number of hydrogen-bond donors (Lipinski definition) is 2. The summed E-state index contributed by atoms with van der Waals surface area (Å²) in [5, 5.41) is 22.8. The molecule has 0 amide bonds. The van der Waals surface area contributed by atoms with Gasteiger partial charge in [-0.25, -0.2) is 8.78 Å². The molecule has 0 saturated carbocycles. The van der Waals surface area contributed by atoms with Gasteiger partial charge in [0.1, 0.15) is 24.1 Å². The summed E-state index contributed by atoms with van der Waals surface area (Å²) in [6.45, 7) is 0.439. The highest BCUT2D eigenvalue weighted by Crippen LogP contribution is 2.37. The summed E-state index contributed by atoms with van der Waals surface area (Å²) in [5.41, 5.74) is -0.324. The average Bonchev–Trinajstić information content (AvgIpc) is 2.64. The fourth-order valence-electron chi connectivity index (χ4n) is 1.88. The van der Waals surface area contributed by atoms with Gasteiger partial charge in [-0.15, -0.1) is 0 Å². The first-order valence-electron chi connectivity index (χ1n) is 5.52. The molecule has 104 valence electrons. The summed E-state index contributed by atoms with van der Waals surface area (Å²) in [4.78, 5) is 10.2. The topological polar surface area (TPSA) is 84.6 Å². The molecule has 1 aromatic rings. The van der Waals surface area contributed by atoms with Crippen molar-refractivity contribution in [3.05, 3.63) is 27.8 Å². The zero-order valence-corrected chi connectivity index (χ0v) is 10.0. The molecular weight excluding hydrogens is 262 g/mol. The van der Waals surface area contributed by atoms with Gasteiger partial charge in [0.2, 0.25) is 0 Å². The maximum Gasteiger partial charge on any atom is 0.292 e. The van der Waals surface area contributed by atoms with Crippen LogP contribution in [-0.2, 0) is 4.74 Å². The van der Waals surface area contributed by atoms with Crippen LogP contribution in [0.2, 0.25) is 0 Å². The number of ether oxygens (including phenoxy) is 1. The number of phenolic OH excluding ortho intramolecular Hbond substituents is 1. The number of nitrogens with zero attached hydrogens (tertiary/aromatic N) is 1. The van der Waals surface area contributed by atoms with Gasteiger partial charge in [-0.05, 0) is 13.0 Å². The predicted octanol–water partition coefficient (Wildman–Crippen LogP) is 2.05. The third kappa shape index (κ3) is 2.43. The molecular formula is C11H12F2N2O4. The Bertz CT molecular complexity index is 522. The van der Waals surface area contributed by atoms with Gasteiger partial charge in [0.25, 0.3) is 11.6 Å². The molecule has 0 spiro atoms. The number of phenols is 1. The zero-order valence-electron chi connectivity index (χ0n) is 10.0. The molecule has 1 aliphatic rings. The van der Waals surface area contributed by atoms with E-state index >= 15 is 0 Å². The first-order valence-corrected chi connectivity index (χ1v) is 5.52. The molecule has 1 unspecified atom stereocenters. The molecule has 0 bridgehead atoms. The standard InChI is InChI=1S/C11H12F2N2O4/c1-6-8(16)3-2-7(15(17)18)10(6)14-9-4-19-5-11(9,12)13/h2-3,9,14,16H,4-5H2,1H3. The van der Waals surface area contributed by atoms with Crippen LogP contribution in [0.1, 0.15) is 5.56 Å². The molecule has 19 heavy (non-hydrogen) atoms. The molecule has 2 rings (SSSR count). The Morgan fingerprint density at radius 1 is 1.58 bits per heavy atom. The van der Waals surface area contributed by atoms with Gasteiger partial charge in [0.15, 0.2) is 0 Å². The van der Waals surface area contributed by atoms with E-state index in [2.05, 4.69) is 10.1 Å². The number of alkyl halides is 2. The minimum absolute atomic E-state index is 0.111. The molecule has 6 nitrogen and oxygen atoms in total. The molecule has 0 radical (unpaired) electrons. The van der Waals surface area contributed by atoms with E-state index in [1.165, 1.54) is 6.92 Å². The maximum atomic E-state index is 13.4. The van der Waals surface area contributed by atoms with Crippen LogP contribution >= 0.6 is 0 Å². The number of halogens is 2. The van der Waals surface area contributed by atoms with E-state index in [0.29, 0.717) is 0 Å². The normalized spacial score (nSPS) is 21.3. The number of hydrogen-bond acceptors (Lipinski definition) is 5. The summed E-state index contributed by atoms with van der Waals surface area (Å²) in [6, 6.07) is 0.868. The first-order chi connectivity index (χ1) is 8.83. The van der Waals surface area contributed by atoms with Gasteiger partial charge in [-0.2, -0.15) is 0 Å². The maximum absolute atomic E-state index is 13.4. The van der Waals surface area contributed by atoms with E-state index in [1.807, 2.05) is 0 Å². The molecule has 1 aromatic carbocycles. The third-order valence-electron chi connectivity index (χ3n) is 3.02. The van der Waals surface area contributed by atoms with Crippen LogP contribution in [0.25, 0.3) is 0 Å². The van der Waals surface area contributed by atoms with Crippen LogP contribution in [0.4, 0.5) is 20.2 Å². The molecule has 2 N–H and O–H groups in total. The fraction of sp³-hybridized carbons (Fsp3) is 0.455. The van der Waals surface area contributed by atoms with Crippen molar-refractivity contribution in [3.63, 3.8) is 0 Å². The van der Waals surface area contributed by atoms with Gasteiger partial charge in [0.05, 0.1) is 11.5 Å². The average molecular weight is 274 g/mol. The number of aromatic hydroxyl groups is 1. The monoisotopic (exact) mass is 274 g/mol. The highest BCUT2D eigenvalue weighted by Gasteiger charge is 2.46. The van der Waals surface area contributed by atoms with E-state index in [1.54, 1.807) is 0 Å². The van der Waals surface area contributed by atoms with E-state index in [0.717, 1.165) is 12.1 Å². The van der Waals surface area contributed by atoms with Crippen molar-refractivity contribution in [2.75, 3.05) is 18.5 Å². The molecule has 1 saturated heterocycles. The largest absolute Gasteiger partial charge is 0.508 e. The molecule has 1 fully saturated rings. The summed E-state index contributed by atoms with van der Waals surface area (Å²) in [6.07, 6.45) is 0. The minimum atomic E-state index is -3.11. The van der Waals surface area contributed by atoms with Gasteiger partial charge < -0.3 is 15.2 Å². The highest BCUT2D eigenvalue weighted by molar-refractivity contribution is 5.70. The van der Waals surface area contributed by atoms with Crippen molar-refractivity contribution in [2.24, 2.45) is 0 Å². The van der Waals surface area contributed by atoms with Crippen molar-refractivity contribution in [1.29, 1.82) is 0 Å². The van der Waals surface area contributed by atoms with Crippen LogP contribution < -0.4 is 5.32 Å². The third-order valence-corrected chi connectivity index (χ3v) is 3.02. The van der Waals surface area contributed by atoms with Gasteiger partial charge in [-0.3, -0.25) is 10.1 Å². The Morgan fingerprint density at radius 2 is 2.26 bits per heavy atom. The number of nitro groups is 1. The second kappa shape index (κ2) is 4.61. The lowest BCUT2D eigenvalue weighted by Gasteiger charge is -2.20. The number of nitro benzene ring substituents is 1. The molecule has 8 heteroatoms. The van der Waals surface area contributed by atoms with E-state index in [4.69, 9.17) is 0 Å². The molecule has 1 aliphatic heterocycles. The van der Waals surface area contributed by atoms with Gasteiger partial charge in [-0.1, -0.05) is 0 Å². The summed E-state index contributed by atoms with van der Waals surface area (Å²) in [7, 11) is 0. The minimum Gasteiger partial charge on any atom is -0.508 e. The summed E-state index contributed by atoms with van der Waals surface area (Å²) in [5.74, 6) is -3.30. The van der Waals surface area contributed by atoms with Gasteiger partial charge >= 0.3 is 0 Å². The number of anilines is 1. The Kier molecular flexibility index (Phi) is 3.27. The Balaban J connectivity index is 2.38. The quantitative estimate of drug-likeness (QED) is 0.651. The Morgan fingerprint density at radius 3 is 2.79 bits per heavy atom. The van der Waals surface area contributed by atoms with Crippen LogP contribution in [0.3, 0.4) is 0 Å². The van der Waals surface area contributed by atoms with Crippen LogP contribution in [0.5, 0.6) is 5.75 Å². The van der Waals surface area contributed by atoms with Crippen molar-refractivity contribution in [2.45, 2.75) is 18.9 Å². The lowest BCUT2D eigenvalue weighted by molar-refractivity contribution is -0.384. The van der Waals surface area contributed by atoms with Crippen molar-refractivity contribution in [1.82, 2.24) is 0 Å². The SMILES string of the molecule is Cc1c(O)ccc([N+](=O)[O-])c1NC1COCC1(F)F. The van der Waals surface area contributed by atoms with Crippen LogP contribution in [0.15, 0.2) is 12.1 Å². The highest BCUT2D eigenvalue weighted by atomic mass is 19.3. The molecule has 0 aliphatic carbocycles.